The van der Waals surface area contributed by atoms with Crippen LogP contribution in [0.1, 0.15) is 90.9 Å². The molecular formula is C31H55IN2O4. The van der Waals surface area contributed by atoms with Gasteiger partial charge < -0.3 is 25.8 Å². The number of rotatable bonds is 10. The molecule has 7 heteroatoms. The van der Waals surface area contributed by atoms with E-state index in [1.807, 2.05) is 0 Å². The first-order valence-corrected chi connectivity index (χ1v) is 16.8. The number of ether oxygens (including phenoxy) is 1. The SMILES string of the molecule is CC1(C)CN(CC/C=C2\C(CCCN)CCOC3CCC(CC(O)CO)CC23)CC1(O)C1CCC(I)CC1. The van der Waals surface area contributed by atoms with Gasteiger partial charge in [0.1, 0.15) is 0 Å². The first-order chi connectivity index (χ1) is 18.2. The van der Waals surface area contributed by atoms with Gasteiger partial charge in [0.2, 0.25) is 0 Å². The predicted octanol–water partition coefficient (Wildman–Crippen LogP) is 4.67. The average molecular weight is 647 g/mol. The van der Waals surface area contributed by atoms with Gasteiger partial charge in [-0.05, 0) is 101 Å². The molecular weight excluding hydrogens is 591 g/mol. The van der Waals surface area contributed by atoms with E-state index >= 15 is 0 Å². The van der Waals surface area contributed by atoms with Crippen LogP contribution in [-0.2, 0) is 4.74 Å². The molecule has 5 N–H and O–H groups in total. The van der Waals surface area contributed by atoms with Crippen LogP contribution in [0.25, 0.3) is 0 Å². The normalized spacial score (nSPS) is 40.1. The van der Waals surface area contributed by atoms with Crippen molar-refractivity contribution in [2.45, 2.75) is 113 Å². The Hall–Kier alpha value is 0.230. The minimum absolute atomic E-state index is 0.0854. The summed E-state index contributed by atoms with van der Waals surface area (Å²) in [5, 5.41) is 31.5. The fourth-order valence-electron chi connectivity index (χ4n) is 8.37. The van der Waals surface area contributed by atoms with E-state index in [0.717, 1.165) is 94.5 Å². The summed E-state index contributed by atoms with van der Waals surface area (Å²) in [6.45, 7) is 8.71. The monoisotopic (exact) mass is 646 g/mol. The number of likely N-dealkylation sites (tertiary alicyclic amines) is 1. The summed E-state index contributed by atoms with van der Waals surface area (Å²) in [5.41, 5.74) is 6.82. The van der Waals surface area contributed by atoms with Gasteiger partial charge in [-0.3, -0.25) is 4.90 Å². The molecule has 0 spiro atoms. The number of hydrogen-bond acceptors (Lipinski definition) is 6. The number of aliphatic hydroxyl groups excluding tert-OH is 2. The molecule has 2 aliphatic heterocycles. The van der Waals surface area contributed by atoms with Crippen molar-refractivity contribution in [1.29, 1.82) is 0 Å². The second-order valence-corrected chi connectivity index (χ2v) is 15.4. The molecule has 0 radical (unpaired) electrons. The van der Waals surface area contributed by atoms with E-state index in [1.165, 1.54) is 12.8 Å². The first-order valence-electron chi connectivity index (χ1n) is 15.6. The predicted molar refractivity (Wildman–Crippen MR) is 162 cm³/mol. The van der Waals surface area contributed by atoms with Gasteiger partial charge >= 0.3 is 0 Å². The number of halogens is 1. The van der Waals surface area contributed by atoms with E-state index in [9.17, 15) is 15.3 Å². The molecule has 2 saturated heterocycles. The summed E-state index contributed by atoms with van der Waals surface area (Å²) >= 11 is 2.58. The molecule has 0 bridgehead atoms. The molecule has 2 heterocycles. The lowest BCUT2D eigenvalue weighted by Crippen LogP contribution is -2.51. The van der Waals surface area contributed by atoms with Crippen LogP contribution >= 0.6 is 22.6 Å². The molecule has 6 nitrogen and oxygen atoms in total. The Labute approximate surface area is 245 Å². The van der Waals surface area contributed by atoms with E-state index in [-0.39, 0.29) is 18.1 Å². The molecule has 6 unspecified atom stereocenters. The Morgan fingerprint density at radius 2 is 1.89 bits per heavy atom. The second kappa shape index (κ2) is 13.9. The Kier molecular flexibility index (Phi) is 11.4. The van der Waals surface area contributed by atoms with Crippen LogP contribution < -0.4 is 5.73 Å². The minimum atomic E-state index is -0.618. The molecule has 2 aliphatic carbocycles. The third-order valence-electron chi connectivity index (χ3n) is 10.6. The van der Waals surface area contributed by atoms with Gasteiger partial charge in [-0.1, -0.05) is 48.1 Å². The molecule has 38 heavy (non-hydrogen) atoms. The molecule has 4 rings (SSSR count). The van der Waals surface area contributed by atoms with E-state index in [2.05, 4.69) is 47.4 Å². The maximum Gasteiger partial charge on any atom is 0.0864 e. The maximum absolute atomic E-state index is 12.0. The van der Waals surface area contributed by atoms with Crippen LogP contribution in [0.5, 0.6) is 0 Å². The third kappa shape index (κ3) is 7.35. The van der Waals surface area contributed by atoms with Crippen molar-refractivity contribution in [3.8, 4) is 0 Å². The van der Waals surface area contributed by atoms with Crippen molar-refractivity contribution >= 4 is 22.6 Å². The second-order valence-electron chi connectivity index (χ2n) is 13.6. The highest BCUT2D eigenvalue weighted by molar-refractivity contribution is 14.1. The number of alkyl halides is 1. The topological polar surface area (TPSA) is 99.2 Å². The van der Waals surface area contributed by atoms with E-state index < -0.39 is 11.7 Å². The molecule has 4 fully saturated rings. The fourth-order valence-corrected chi connectivity index (χ4v) is 9.09. The average Bonchev–Trinajstić information content (AvgIpc) is 3.01. The Morgan fingerprint density at radius 1 is 1.13 bits per heavy atom. The van der Waals surface area contributed by atoms with Gasteiger partial charge in [0, 0.05) is 41.5 Å². The minimum Gasteiger partial charge on any atom is -0.394 e. The zero-order chi connectivity index (χ0) is 27.3. The lowest BCUT2D eigenvalue weighted by atomic mass is 9.66. The molecule has 2 saturated carbocycles. The van der Waals surface area contributed by atoms with Crippen LogP contribution in [0.15, 0.2) is 11.6 Å². The first kappa shape index (κ1) is 31.2. The Bertz CT molecular complexity index is 771. The van der Waals surface area contributed by atoms with Crippen molar-refractivity contribution in [1.82, 2.24) is 4.90 Å². The molecule has 0 aromatic heterocycles. The largest absolute Gasteiger partial charge is 0.394 e. The molecule has 0 amide bonds. The quantitative estimate of drug-likeness (QED) is 0.157. The lowest BCUT2D eigenvalue weighted by molar-refractivity contribution is -0.0883. The highest BCUT2D eigenvalue weighted by atomic mass is 127. The van der Waals surface area contributed by atoms with Gasteiger partial charge in [-0.2, -0.15) is 0 Å². The fraction of sp³-hybridized carbons (Fsp3) is 0.935. The lowest BCUT2D eigenvalue weighted by Gasteiger charge is -2.44. The number of fused-ring (bicyclic) bond motifs is 1. The van der Waals surface area contributed by atoms with Gasteiger partial charge in [0.05, 0.1) is 24.4 Å². The number of hydrogen-bond donors (Lipinski definition) is 4. The van der Waals surface area contributed by atoms with Crippen molar-refractivity contribution < 1.29 is 20.1 Å². The molecule has 0 aromatic rings. The smallest absolute Gasteiger partial charge is 0.0864 e. The summed E-state index contributed by atoms with van der Waals surface area (Å²) in [6, 6.07) is 0. The van der Waals surface area contributed by atoms with Crippen LogP contribution in [0.3, 0.4) is 0 Å². The summed E-state index contributed by atoms with van der Waals surface area (Å²) in [6.07, 6.45) is 15.0. The van der Waals surface area contributed by atoms with Gasteiger partial charge in [0.25, 0.3) is 0 Å². The van der Waals surface area contributed by atoms with E-state index in [0.29, 0.717) is 30.1 Å². The number of β-amino-alcohol motifs (C(OH)–C–C–N with tert-alkyl or cyclic N) is 1. The molecule has 0 aromatic carbocycles. The third-order valence-corrected chi connectivity index (χ3v) is 11.8. The van der Waals surface area contributed by atoms with Crippen molar-refractivity contribution in [2.24, 2.45) is 34.8 Å². The van der Waals surface area contributed by atoms with Gasteiger partial charge in [0.15, 0.2) is 0 Å². The summed E-state index contributed by atoms with van der Waals surface area (Å²) in [5.74, 6) is 1.78. The van der Waals surface area contributed by atoms with Gasteiger partial charge in [-0.15, -0.1) is 0 Å². The maximum atomic E-state index is 12.0. The highest BCUT2D eigenvalue weighted by Crippen LogP contribution is 2.49. The van der Waals surface area contributed by atoms with Crippen molar-refractivity contribution in [2.75, 3.05) is 39.4 Å². The molecule has 6 atom stereocenters. The van der Waals surface area contributed by atoms with Gasteiger partial charge in [-0.25, -0.2) is 0 Å². The standard InChI is InChI=1S/C31H55IN2O4/c1-30(2)20-34(21-31(30,37)24-8-10-25(32)11-9-24)15-4-6-27-23(5-3-14-33)13-16-38-29-12-7-22(18-28(27)29)17-26(36)19-35/h6,22-26,28-29,35-37H,3-5,7-21,33H2,1-2H3/b27-6+. The summed E-state index contributed by atoms with van der Waals surface area (Å²) < 4.78 is 7.18. The zero-order valence-electron chi connectivity index (χ0n) is 24.0. The van der Waals surface area contributed by atoms with E-state index in [4.69, 9.17) is 10.5 Å². The van der Waals surface area contributed by atoms with Crippen molar-refractivity contribution in [3.05, 3.63) is 11.6 Å². The van der Waals surface area contributed by atoms with E-state index in [1.54, 1.807) is 5.57 Å². The van der Waals surface area contributed by atoms with Crippen molar-refractivity contribution in [3.63, 3.8) is 0 Å². The Balaban J connectivity index is 1.45. The van der Waals surface area contributed by atoms with Crippen LogP contribution in [0.2, 0.25) is 0 Å². The molecule has 4 aliphatic rings. The number of nitrogens with two attached hydrogens (primary N) is 1. The number of aliphatic hydroxyl groups is 3. The van der Waals surface area contributed by atoms with Crippen LogP contribution in [0.4, 0.5) is 0 Å². The zero-order valence-corrected chi connectivity index (χ0v) is 26.2. The number of nitrogens with zero attached hydrogens (tertiary/aromatic N) is 1. The Morgan fingerprint density at radius 3 is 2.61 bits per heavy atom. The van der Waals surface area contributed by atoms with Crippen LogP contribution in [0, 0.1) is 29.1 Å². The molecule has 220 valence electrons. The summed E-state index contributed by atoms with van der Waals surface area (Å²) in [7, 11) is 0. The highest BCUT2D eigenvalue weighted by Gasteiger charge is 2.55. The van der Waals surface area contributed by atoms with Crippen LogP contribution in [-0.4, -0.2) is 81.3 Å². The summed E-state index contributed by atoms with van der Waals surface area (Å²) in [4.78, 5) is 2.52.